The molecule has 0 saturated carbocycles. The predicted octanol–water partition coefficient (Wildman–Crippen LogP) is 1.17. The topological polar surface area (TPSA) is 62.2 Å². The van der Waals surface area contributed by atoms with Crippen molar-refractivity contribution >= 4 is 12.4 Å². The van der Waals surface area contributed by atoms with Crippen LogP contribution in [0.1, 0.15) is 23.5 Å². The highest BCUT2D eigenvalue weighted by molar-refractivity contribution is 5.85. The van der Waals surface area contributed by atoms with Gasteiger partial charge in [-0.25, -0.2) is 0 Å². The van der Waals surface area contributed by atoms with E-state index in [1.54, 1.807) is 0 Å². The zero-order chi connectivity index (χ0) is 14.1. The summed E-state index contributed by atoms with van der Waals surface area (Å²) < 4.78 is 10.9. The van der Waals surface area contributed by atoms with E-state index in [0.717, 1.165) is 36.6 Å². The number of ether oxygens (including phenoxy) is 2. The van der Waals surface area contributed by atoms with Gasteiger partial charge < -0.3 is 19.7 Å². The lowest BCUT2D eigenvalue weighted by Crippen LogP contribution is -2.49. The van der Waals surface area contributed by atoms with Gasteiger partial charge in [0.1, 0.15) is 0 Å². The van der Waals surface area contributed by atoms with Gasteiger partial charge in [-0.1, -0.05) is 11.6 Å². The molecule has 3 aliphatic heterocycles. The van der Waals surface area contributed by atoms with Crippen LogP contribution in [0.25, 0.3) is 0 Å². The fourth-order valence-corrected chi connectivity index (χ4v) is 4.35. The molecule has 0 radical (unpaired) electrons. The molecule has 1 saturated heterocycles. The van der Waals surface area contributed by atoms with E-state index in [4.69, 9.17) is 9.47 Å². The molecule has 0 bridgehead atoms. The zero-order valence-corrected chi connectivity index (χ0v) is 12.8. The molecule has 1 aromatic carbocycles. The molecule has 22 heavy (non-hydrogen) atoms. The maximum Gasteiger partial charge on any atom is 0.231 e. The molecule has 4 atom stereocenters. The zero-order valence-electron chi connectivity index (χ0n) is 11.9. The van der Waals surface area contributed by atoms with Gasteiger partial charge in [0.05, 0.1) is 12.2 Å². The maximum atomic E-state index is 10.5. The fraction of sp³-hybridized carbons (Fsp3) is 0.500. The van der Waals surface area contributed by atoms with Crippen molar-refractivity contribution in [1.82, 2.24) is 4.90 Å². The lowest BCUT2D eigenvalue weighted by atomic mass is 9.73. The first-order valence-corrected chi connectivity index (χ1v) is 7.45. The molecule has 0 spiro atoms. The number of fused-ring (bicyclic) bond motifs is 3. The summed E-state index contributed by atoms with van der Waals surface area (Å²) in [6.07, 6.45) is 1.28. The monoisotopic (exact) mass is 323 g/mol. The number of nitrogens with zero attached hydrogens (tertiary/aromatic N) is 1. The van der Waals surface area contributed by atoms with Crippen LogP contribution >= 0.6 is 12.4 Å². The molecule has 5 nitrogen and oxygen atoms in total. The summed E-state index contributed by atoms with van der Waals surface area (Å²) in [6.45, 7) is 2.11. The Balaban J connectivity index is 0.00000125. The Morgan fingerprint density at radius 2 is 1.91 bits per heavy atom. The van der Waals surface area contributed by atoms with Crippen LogP contribution in [-0.4, -0.2) is 46.7 Å². The summed E-state index contributed by atoms with van der Waals surface area (Å²) in [4.78, 5) is 2.40. The Hall–Kier alpha value is -1.27. The smallest absolute Gasteiger partial charge is 0.231 e. The Labute approximate surface area is 134 Å². The average Bonchev–Trinajstić information content (AvgIpc) is 3.08. The second-order valence-corrected chi connectivity index (χ2v) is 6.32. The first-order chi connectivity index (χ1) is 10.2. The van der Waals surface area contributed by atoms with Crippen LogP contribution in [0.15, 0.2) is 23.8 Å². The Kier molecular flexibility index (Phi) is 3.17. The molecule has 4 aliphatic rings. The first kappa shape index (κ1) is 14.3. The molecule has 0 amide bonds. The summed E-state index contributed by atoms with van der Waals surface area (Å²) in [5.41, 5.74) is 3.54. The minimum Gasteiger partial charge on any atom is -0.454 e. The Morgan fingerprint density at radius 1 is 1.14 bits per heavy atom. The van der Waals surface area contributed by atoms with E-state index in [2.05, 4.69) is 4.90 Å². The molecule has 1 aliphatic carbocycles. The maximum absolute atomic E-state index is 10.5. The summed E-state index contributed by atoms with van der Waals surface area (Å²) >= 11 is 0. The number of benzene rings is 1. The lowest BCUT2D eigenvalue weighted by Gasteiger charge is -2.44. The van der Waals surface area contributed by atoms with Crippen LogP contribution in [0.3, 0.4) is 0 Å². The standard InChI is InChI=1S/C16H17NO4.ClH/c18-11-3-8-1-2-17-6-9-4-12-13(21-7-20-12)5-10(9)14(15(8)17)16(11)19;/h3-5,11,14-16,18-19H,1-2,6-7H2;1H/t11-,14+,15-,16-;/m1./s1. The van der Waals surface area contributed by atoms with Gasteiger partial charge >= 0.3 is 0 Å². The summed E-state index contributed by atoms with van der Waals surface area (Å²) in [5, 5.41) is 20.7. The van der Waals surface area contributed by atoms with E-state index >= 15 is 0 Å². The van der Waals surface area contributed by atoms with Gasteiger partial charge in [0.15, 0.2) is 11.5 Å². The van der Waals surface area contributed by atoms with Crippen LogP contribution in [0.5, 0.6) is 11.5 Å². The van der Waals surface area contributed by atoms with Crippen molar-refractivity contribution in [3.05, 3.63) is 34.9 Å². The highest BCUT2D eigenvalue weighted by atomic mass is 35.5. The van der Waals surface area contributed by atoms with Gasteiger partial charge in [-0.15, -0.1) is 12.4 Å². The van der Waals surface area contributed by atoms with Gasteiger partial charge in [0, 0.05) is 25.0 Å². The summed E-state index contributed by atoms with van der Waals surface area (Å²) in [7, 11) is 0. The normalized spacial score (nSPS) is 34.5. The summed E-state index contributed by atoms with van der Waals surface area (Å²) in [5.74, 6) is 1.45. The molecule has 3 heterocycles. The van der Waals surface area contributed by atoms with E-state index in [1.807, 2.05) is 18.2 Å². The van der Waals surface area contributed by atoms with E-state index < -0.39 is 12.2 Å². The predicted molar refractivity (Wildman–Crippen MR) is 81.5 cm³/mol. The number of rotatable bonds is 0. The Morgan fingerprint density at radius 3 is 2.73 bits per heavy atom. The number of aliphatic hydroxyl groups excluding tert-OH is 2. The highest BCUT2D eigenvalue weighted by Gasteiger charge is 2.48. The number of hydrogen-bond acceptors (Lipinski definition) is 5. The first-order valence-electron chi connectivity index (χ1n) is 7.45. The van der Waals surface area contributed by atoms with Crippen LogP contribution in [-0.2, 0) is 6.54 Å². The molecule has 1 fully saturated rings. The highest BCUT2D eigenvalue weighted by Crippen LogP contribution is 2.49. The van der Waals surface area contributed by atoms with E-state index in [1.165, 1.54) is 11.1 Å². The van der Waals surface area contributed by atoms with Crippen molar-refractivity contribution in [2.75, 3.05) is 13.3 Å². The fourth-order valence-electron chi connectivity index (χ4n) is 4.35. The molecule has 5 rings (SSSR count). The molecule has 118 valence electrons. The lowest BCUT2D eigenvalue weighted by molar-refractivity contribution is -0.00157. The third kappa shape index (κ3) is 1.77. The van der Waals surface area contributed by atoms with Crippen molar-refractivity contribution < 1.29 is 19.7 Å². The van der Waals surface area contributed by atoms with Gasteiger partial charge in [-0.2, -0.15) is 0 Å². The van der Waals surface area contributed by atoms with Crippen LogP contribution in [0.2, 0.25) is 0 Å². The third-order valence-corrected chi connectivity index (χ3v) is 5.27. The molecule has 0 aromatic heterocycles. The van der Waals surface area contributed by atoms with Gasteiger partial charge in [0.2, 0.25) is 6.79 Å². The quantitative estimate of drug-likeness (QED) is 0.702. The van der Waals surface area contributed by atoms with E-state index in [0.29, 0.717) is 0 Å². The van der Waals surface area contributed by atoms with Crippen molar-refractivity contribution in [2.45, 2.75) is 37.1 Å². The van der Waals surface area contributed by atoms with Crippen LogP contribution in [0.4, 0.5) is 0 Å². The van der Waals surface area contributed by atoms with Crippen molar-refractivity contribution in [3.8, 4) is 11.5 Å². The third-order valence-electron chi connectivity index (χ3n) is 5.27. The molecule has 6 heteroatoms. The molecular formula is C16H18ClNO4. The van der Waals surface area contributed by atoms with E-state index in [-0.39, 0.29) is 31.2 Å². The molecular weight excluding hydrogens is 306 g/mol. The molecule has 2 N–H and O–H groups in total. The second kappa shape index (κ2) is 4.86. The number of halogens is 1. The van der Waals surface area contributed by atoms with Crippen molar-refractivity contribution in [3.63, 3.8) is 0 Å². The SMILES string of the molecule is Cl.O[C@H]1[C@H]2c3cc4c(cc3CN3CCC(=C[C@H]1O)[C@H]23)OCO4. The van der Waals surface area contributed by atoms with Crippen LogP contribution in [0, 0.1) is 0 Å². The van der Waals surface area contributed by atoms with Gasteiger partial charge in [0.25, 0.3) is 0 Å². The van der Waals surface area contributed by atoms with Crippen molar-refractivity contribution in [2.24, 2.45) is 0 Å². The van der Waals surface area contributed by atoms with Gasteiger partial charge in [-0.3, -0.25) is 4.90 Å². The largest absolute Gasteiger partial charge is 0.454 e. The average molecular weight is 324 g/mol. The Bertz CT molecular complexity index is 662. The van der Waals surface area contributed by atoms with Gasteiger partial charge in [-0.05, 0) is 29.7 Å². The minimum atomic E-state index is -0.780. The molecule has 1 aromatic rings. The number of aliphatic hydroxyl groups is 2. The second-order valence-electron chi connectivity index (χ2n) is 6.32. The summed E-state index contributed by atoms with van der Waals surface area (Å²) in [6, 6.07) is 4.25. The van der Waals surface area contributed by atoms with E-state index in [9.17, 15) is 10.2 Å². The van der Waals surface area contributed by atoms with Crippen LogP contribution < -0.4 is 9.47 Å². The minimum absolute atomic E-state index is 0. The number of hydrogen-bond donors (Lipinski definition) is 2. The molecule has 0 unspecified atom stereocenters. The van der Waals surface area contributed by atoms with Crippen molar-refractivity contribution in [1.29, 1.82) is 0 Å².